The van der Waals surface area contributed by atoms with E-state index in [-0.39, 0.29) is 0 Å². The molecule has 1 aliphatic heterocycles. The molecule has 1 saturated heterocycles. The molecule has 2 heterocycles. The Kier molecular flexibility index (Phi) is 2.86. The lowest BCUT2D eigenvalue weighted by molar-refractivity contribution is 0.335. The number of oxazole rings is 1. The fourth-order valence-electron chi connectivity index (χ4n) is 2.92. The van der Waals surface area contributed by atoms with Gasteiger partial charge in [0.2, 0.25) is 0 Å². The number of nitrogens with zero attached hydrogens (tertiary/aromatic N) is 1. The van der Waals surface area contributed by atoms with Crippen molar-refractivity contribution in [3.05, 3.63) is 29.2 Å². The highest BCUT2D eigenvalue weighted by molar-refractivity contribution is 5.77. The molecular formula is C15H20N2O. The Morgan fingerprint density at radius 3 is 2.94 bits per heavy atom. The van der Waals surface area contributed by atoms with E-state index in [0.29, 0.717) is 12.0 Å². The second-order valence-corrected chi connectivity index (χ2v) is 5.56. The number of fused-ring (bicyclic) bond motifs is 1. The highest BCUT2D eigenvalue weighted by atomic mass is 16.3. The van der Waals surface area contributed by atoms with E-state index in [0.717, 1.165) is 36.4 Å². The molecule has 0 radical (unpaired) electrons. The lowest BCUT2D eigenvalue weighted by atomic mass is 9.93. The van der Waals surface area contributed by atoms with Crippen LogP contribution in [0.5, 0.6) is 0 Å². The summed E-state index contributed by atoms with van der Waals surface area (Å²) in [5.41, 5.74) is 4.40. The number of aromatic nitrogens is 1. The molecule has 2 atom stereocenters. The predicted octanol–water partition coefficient (Wildman–Crippen LogP) is 3.30. The van der Waals surface area contributed by atoms with Gasteiger partial charge in [-0.05, 0) is 57.4 Å². The largest absolute Gasteiger partial charge is 0.440 e. The van der Waals surface area contributed by atoms with Crippen molar-refractivity contribution in [2.45, 2.75) is 45.6 Å². The minimum Gasteiger partial charge on any atom is -0.440 e. The molecule has 1 N–H and O–H groups in total. The third kappa shape index (κ3) is 2.03. The molecule has 2 aromatic rings. The van der Waals surface area contributed by atoms with Crippen molar-refractivity contribution in [2.75, 3.05) is 6.54 Å². The molecule has 18 heavy (non-hydrogen) atoms. The first-order valence-electron chi connectivity index (χ1n) is 6.74. The van der Waals surface area contributed by atoms with Gasteiger partial charge in [0.1, 0.15) is 5.52 Å². The first kappa shape index (κ1) is 11.7. The van der Waals surface area contributed by atoms with E-state index in [9.17, 15) is 0 Å². The number of piperidine rings is 1. The van der Waals surface area contributed by atoms with Crippen molar-refractivity contribution >= 4 is 11.1 Å². The molecule has 0 amide bonds. The maximum Gasteiger partial charge on any atom is 0.198 e. The van der Waals surface area contributed by atoms with Crippen molar-refractivity contribution in [1.82, 2.24) is 10.3 Å². The van der Waals surface area contributed by atoms with Gasteiger partial charge in [0.05, 0.1) is 0 Å². The molecule has 1 fully saturated rings. The number of hydrogen-bond acceptors (Lipinski definition) is 3. The number of aryl methyl sites for hydroxylation is 2. The summed E-state index contributed by atoms with van der Waals surface area (Å²) in [6.45, 7) is 7.48. The van der Waals surface area contributed by atoms with Gasteiger partial charge in [-0.15, -0.1) is 0 Å². The van der Waals surface area contributed by atoms with Gasteiger partial charge in [0.15, 0.2) is 11.5 Å². The van der Waals surface area contributed by atoms with Crippen LogP contribution in [0.25, 0.3) is 11.1 Å². The Morgan fingerprint density at radius 1 is 1.33 bits per heavy atom. The van der Waals surface area contributed by atoms with Crippen LogP contribution in [-0.2, 0) is 0 Å². The Balaban J connectivity index is 2.00. The van der Waals surface area contributed by atoms with Crippen LogP contribution in [0.3, 0.4) is 0 Å². The Bertz CT molecular complexity index is 573. The SMILES string of the molecule is Cc1cc(C)c2oc(C3CCNC(C)C3)nc2c1. The second kappa shape index (κ2) is 4.39. The fraction of sp³-hybridized carbons (Fsp3) is 0.533. The summed E-state index contributed by atoms with van der Waals surface area (Å²) in [6, 6.07) is 4.82. The zero-order chi connectivity index (χ0) is 12.7. The summed E-state index contributed by atoms with van der Waals surface area (Å²) in [5.74, 6) is 1.39. The van der Waals surface area contributed by atoms with Gasteiger partial charge >= 0.3 is 0 Å². The van der Waals surface area contributed by atoms with Crippen LogP contribution in [-0.4, -0.2) is 17.6 Å². The van der Waals surface area contributed by atoms with Crippen molar-refractivity contribution in [3.8, 4) is 0 Å². The number of nitrogens with one attached hydrogen (secondary N) is 1. The minimum absolute atomic E-state index is 0.466. The molecule has 3 heteroatoms. The van der Waals surface area contributed by atoms with E-state index < -0.39 is 0 Å². The molecular weight excluding hydrogens is 224 g/mol. The lowest BCUT2D eigenvalue weighted by Crippen LogP contribution is -2.34. The maximum atomic E-state index is 6.00. The summed E-state index contributed by atoms with van der Waals surface area (Å²) in [6.07, 6.45) is 2.24. The zero-order valence-corrected chi connectivity index (χ0v) is 11.3. The van der Waals surface area contributed by atoms with Gasteiger partial charge in [-0.2, -0.15) is 0 Å². The molecule has 1 aromatic carbocycles. The predicted molar refractivity (Wildman–Crippen MR) is 72.9 cm³/mol. The Hall–Kier alpha value is -1.35. The summed E-state index contributed by atoms with van der Waals surface area (Å²) in [4.78, 5) is 4.70. The van der Waals surface area contributed by atoms with E-state index >= 15 is 0 Å². The van der Waals surface area contributed by atoms with Crippen LogP contribution in [0.15, 0.2) is 16.5 Å². The van der Waals surface area contributed by atoms with Crippen LogP contribution >= 0.6 is 0 Å². The number of rotatable bonds is 1. The van der Waals surface area contributed by atoms with Gasteiger partial charge in [-0.25, -0.2) is 4.98 Å². The number of hydrogen-bond donors (Lipinski definition) is 1. The molecule has 1 aromatic heterocycles. The van der Waals surface area contributed by atoms with Crippen molar-refractivity contribution in [3.63, 3.8) is 0 Å². The monoisotopic (exact) mass is 244 g/mol. The molecule has 0 saturated carbocycles. The van der Waals surface area contributed by atoms with Crippen LogP contribution in [0.1, 0.15) is 42.7 Å². The molecule has 96 valence electrons. The topological polar surface area (TPSA) is 38.1 Å². The molecule has 2 unspecified atom stereocenters. The van der Waals surface area contributed by atoms with Crippen LogP contribution in [0.4, 0.5) is 0 Å². The fourth-order valence-corrected chi connectivity index (χ4v) is 2.92. The number of benzene rings is 1. The van der Waals surface area contributed by atoms with Crippen LogP contribution in [0, 0.1) is 13.8 Å². The van der Waals surface area contributed by atoms with Crippen LogP contribution < -0.4 is 5.32 Å². The normalized spacial score (nSPS) is 24.6. The average Bonchev–Trinajstić information content (AvgIpc) is 2.73. The second-order valence-electron chi connectivity index (χ2n) is 5.56. The summed E-state index contributed by atoms with van der Waals surface area (Å²) in [5, 5.41) is 3.47. The highest BCUT2D eigenvalue weighted by Gasteiger charge is 2.24. The first-order valence-corrected chi connectivity index (χ1v) is 6.74. The van der Waals surface area contributed by atoms with E-state index in [1.54, 1.807) is 0 Å². The lowest BCUT2D eigenvalue weighted by Gasteiger charge is -2.25. The van der Waals surface area contributed by atoms with E-state index in [1.165, 1.54) is 11.1 Å². The quantitative estimate of drug-likeness (QED) is 0.836. The molecule has 3 nitrogen and oxygen atoms in total. The Labute approximate surface area is 108 Å². The molecule has 0 spiro atoms. The molecule has 0 aliphatic carbocycles. The Morgan fingerprint density at radius 2 is 2.17 bits per heavy atom. The third-order valence-corrected chi connectivity index (χ3v) is 3.81. The highest BCUT2D eigenvalue weighted by Crippen LogP contribution is 2.31. The van der Waals surface area contributed by atoms with E-state index in [1.807, 2.05) is 0 Å². The summed E-state index contributed by atoms with van der Waals surface area (Å²) < 4.78 is 6.00. The summed E-state index contributed by atoms with van der Waals surface area (Å²) in [7, 11) is 0. The summed E-state index contributed by atoms with van der Waals surface area (Å²) >= 11 is 0. The average molecular weight is 244 g/mol. The molecule has 0 bridgehead atoms. The van der Waals surface area contributed by atoms with Gasteiger partial charge in [0.25, 0.3) is 0 Å². The van der Waals surface area contributed by atoms with Crippen molar-refractivity contribution in [2.24, 2.45) is 0 Å². The van der Waals surface area contributed by atoms with Crippen molar-refractivity contribution in [1.29, 1.82) is 0 Å². The third-order valence-electron chi connectivity index (χ3n) is 3.81. The van der Waals surface area contributed by atoms with Gasteiger partial charge in [-0.1, -0.05) is 6.07 Å². The van der Waals surface area contributed by atoms with E-state index in [4.69, 9.17) is 9.40 Å². The van der Waals surface area contributed by atoms with Crippen LogP contribution in [0.2, 0.25) is 0 Å². The minimum atomic E-state index is 0.466. The van der Waals surface area contributed by atoms with E-state index in [2.05, 4.69) is 38.2 Å². The molecule has 3 rings (SSSR count). The van der Waals surface area contributed by atoms with Crippen molar-refractivity contribution < 1.29 is 4.42 Å². The van der Waals surface area contributed by atoms with Gasteiger partial charge in [-0.3, -0.25) is 0 Å². The van der Waals surface area contributed by atoms with Gasteiger partial charge < -0.3 is 9.73 Å². The maximum absolute atomic E-state index is 6.00. The smallest absolute Gasteiger partial charge is 0.198 e. The van der Waals surface area contributed by atoms with Gasteiger partial charge in [0, 0.05) is 12.0 Å². The molecule has 1 aliphatic rings. The standard InChI is InChI=1S/C15H20N2O/c1-9-6-10(2)14-13(7-9)17-15(18-14)12-4-5-16-11(3)8-12/h6-7,11-12,16H,4-5,8H2,1-3H3. The zero-order valence-electron chi connectivity index (χ0n) is 11.3. The first-order chi connectivity index (χ1) is 8.63.